The van der Waals surface area contributed by atoms with Crippen molar-refractivity contribution in [2.45, 2.75) is 6.92 Å². The third-order valence-corrected chi connectivity index (χ3v) is 4.61. The summed E-state index contributed by atoms with van der Waals surface area (Å²) in [5.41, 5.74) is 1.54. The van der Waals surface area contributed by atoms with E-state index in [9.17, 15) is 17.6 Å². The van der Waals surface area contributed by atoms with Gasteiger partial charge < -0.3 is 5.32 Å². The maximum absolute atomic E-state index is 13.1. The molecule has 0 aliphatic rings. The van der Waals surface area contributed by atoms with Gasteiger partial charge in [0.2, 0.25) is 15.9 Å². The Labute approximate surface area is 145 Å². The zero-order valence-electron chi connectivity index (χ0n) is 13.1. The van der Waals surface area contributed by atoms with E-state index in [0.29, 0.717) is 5.69 Å². The molecule has 0 atom stereocenters. The van der Waals surface area contributed by atoms with Gasteiger partial charge >= 0.3 is 0 Å². The monoisotopic (exact) mass is 370 g/mol. The number of amides is 1. The van der Waals surface area contributed by atoms with E-state index in [1.165, 1.54) is 12.1 Å². The van der Waals surface area contributed by atoms with Gasteiger partial charge in [0.25, 0.3) is 0 Å². The maximum Gasteiger partial charge on any atom is 0.245 e. The highest BCUT2D eigenvalue weighted by molar-refractivity contribution is 7.92. The Hall–Kier alpha value is -2.12. The maximum atomic E-state index is 13.1. The number of rotatable bonds is 5. The Morgan fingerprint density at radius 3 is 2.54 bits per heavy atom. The number of hydrogen-bond acceptors (Lipinski definition) is 3. The first kappa shape index (κ1) is 18.2. The highest BCUT2D eigenvalue weighted by atomic mass is 35.5. The number of nitrogens with one attached hydrogen (secondary N) is 1. The Kier molecular flexibility index (Phi) is 5.46. The fraction of sp³-hybridized carbons (Fsp3) is 0.188. The summed E-state index contributed by atoms with van der Waals surface area (Å²) in [4.78, 5) is 12.2. The van der Waals surface area contributed by atoms with Crippen LogP contribution in [-0.2, 0) is 14.8 Å². The molecule has 1 N–H and O–H groups in total. The summed E-state index contributed by atoms with van der Waals surface area (Å²) in [7, 11) is -3.65. The third kappa shape index (κ3) is 4.69. The van der Waals surface area contributed by atoms with Gasteiger partial charge in [-0.05, 0) is 42.8 Å². The van der Waals surface area contributed by atoms with E-state index in [4.69, 9.17) is 11.6 Å². The molecule has 0 aliphatic heterocycles. The lowest BCUT2D eigenvalue weighted by Gasteiger charge is -2.22. The van der Waals surface area contributed by atoms with Gasteiger partial charge in [0.15, 0.2) is 0 Å². The summed E-state index contributed by atoms with van der Waals surface area (Å²) in [6, 6.07) is 10.5. The van der Waals surface area contributed by atoms with Crippen LogP contribution in [0.1, 0.15) is 5.56 Å². The van der Waals surface area contributed by atoms with Crippen LogP contribution in [0.5, 0.6) is 0 Å². The molecule has 0 unspecified atom stereocenters. The molecule has 0 aromatic heterocycles. The minimum absolute atomic E-state index is 0.133. The van der Waals surface area contributed by atoms with Crippen molar-refractivity contribution in [3.8, 4) is 0 Å². The molecule has 1 amide bonds. The van der Waals surface area contributed by atoms with Crippen LogP contribution >= 0.6 is 11.6 Å². The molecule has 8 heteroatoms. The second-order valence-electron chi connectivity index (χ2n) is 5.29. The average molecular weight is 371 g/mol. The van der Waals surface area contributed by atoms with E-state index in [-0.39, 0.29) is 10.7 Å². The van der Waals surface area contributed by atoms with E-state index in [2.05, 4.69) is 5.32 Å². The Morgan fingerprint density at radius 1 is 1.25 bits per heavy atom. The van der Waals surface area contributed by atoms with E-state index in [1.807, 2.05) is 13.0 Å². The van der Waals surface area contributed by atoms with Crippen molar-refractivity contribution in [2.24, 2.45) is 0 Å². The van der Waals surface area contributed by atoms with E-state index in [1.54, 1.807) is 18.2 Å². The second kappa shape index (κ2) is 7.19. The van der Waals surface area contributed by atoms with Crippen LogP contribution in [0.4, 0.5) is 15.8 Å². The van der Waals surface area contributed by atoms with E-state index in [0.717, 1.165) is 22.2 Å². The van der Waals surface area contributed by atoms with Crippen molar-refractivity contribution >= 4 is 38.9 Å². The summed E-state index contributed by atoms with van der Waals surface area (Å²) >= 11 is 5.66. The summed E-state index contributed by atoms with van der Waals surface area (Å²) in [5, 5.41) is 2.37. The molecule has 0 heterocycles. The molecule has 0 radical (unpaired) electrons. The lowest BCUT2D eigenvalue weighted by Crippen LogP contribution is -2.37. The predicted molar refractivity (Wildman–Crippen MR) is 93.4 cm³/mol. The van der Waals surface area contributed by atoms with Gasteiger partial charge in [-0.3, -0.25) is 9.10 Å². The van der Waals surface area contributed by atoms with Gasteiger partial charge in [-0.25, -0.2) is 12.8 Å². The summed E-state index contributed by atoms with van der Waals surface area (Å²) in [5.74, 6) is -1.17. The fourth-order valence-corrected chi connectivity index (χ4v) is 3.12. The lowest BCUT2D eigenvalue weighted by molar-refractivity contribution is -0.114. The first-order chi connectivity index (χ1) is 11.2. The molecule has 0 spiro atoms. The number of hydrogen-bond donors (Lipinski definition) is 1. The van der Waals surface area contributed by atoms with Crippen LogP contribution in [0, 0.1) is 12.7 Å². The van der Waals surface area contributed by atoms with Crippen molar-refractivity contribution in [1.29, 1.82) is 0 Å². The van der Waals surface area contributed by atoms with Crippen molar-refractivity contribution in [2.75, 3.05) is 22.4 Å². The number of carbonyl (C=O) groups excluding carboxylic acids is 1. The highest BCUT2D eigenvalue weighted by Crippen LogP contribution is 2.21. The van der Waals surface area contributed by atoms with Crippen LogP contribution in [0.15, 0.2) is 42.5 Å². The molecule has 128 valence electrons. The summed E-state index contributed by atoms with van der Waals surface area (Å²) in [6.07, 6.45) is 1.03. The van der Waals surface area contributed by atoms with Crippen molar-refractivity contribution in [1.82, 2.24) is 0 Å². The van der Waals surface area contributed by atoms with Crippen molar-refractivity contribution in [3.05, 3.63) is 58.9 Å². The first-order valence-corrected chi connectivity index (χ1v) is 9.19. The molecule has 0 bridgehead atoms. The number of nitrogens with zero attached hydrogens (tertiary/aromatic N) is 1. The second-order valence-corrected chi connectivity index (χ2v) is 7.60. The predicted octanol–water partition coefficient (Wildman–Crippen LogP) is 3.19. The van der Waals surface area contributed by atoms with Crippen LogP contribution in [0.25, 0.3) is 0 Å². The number of sulfonamides is 1. The highest BCUT2D eigenvalue weighted by Gasteiger charge is 2.21. The van der Waals surface area contributed by atoms with Crippen molar-refractivity contribution in [3.63, 3.8) is 0 Å². The molecule has 0 saturated heterocycles. The lowest BCUT2D eigenvalue weighted by atomic mass is 10.2. The zero-order chi connectivity index (χ0) is 17.9. The molecular formula is C16H16ClFN2O3S. The van der Waals surface area contributed by atoms with Crippen LogP contribution in [-0.4, -0.2) is 27.1 Å². The summed E-state index contributed by atoms with van der Waals surface area (Å²) < 4.78 is 38.1. The molecule has 5 nitrogen and oxygen atoms in total. The van der Waals surface area contributed by atoms with Gasteiger partial charge in [-0.1, -0.05) is 23.7 Å². The van der Waals surface area contributed by atoms with Gasteiger partial charge in [-0.15, -0.1) is 0 Å². The number of halogens is 2. The molecule has 0 aliphatic carbocycles. The average Bonchev–Trinajstić information content (AvgIpc) is 2.47. The molecule has 2 rings (SSSR count). The quantitative estimate of drug-likeness (QED) is 0.878. The van der Waals surface area contributed by atoms with Gasteiger partial charge in [0.05, 0.1) is 17.0 Å². The Morgan fingerprint density at radius 2 is 1.96 bits per heavy atom. The standard InChI is InChI=1S/C16H16ClFN2O3S/c1-11-4-3-5-13(8-11)20(24(2,22)23)10-16(21)19-12-6-7-15(18)14(17)9-12/h3-9H,10H2,1-2H3,(H,19,21). The molecule has 24 heavy (non-hydrogen) atoms. The van der Waals surface area contributed by atoms with Crippen LogP contribution in [0.3, 0.4) is 0 Å². The Bertz CT molecular complexity index is 871. The smallest absolute Gasteiger partial charge is 0.245 e. The number of anilines is 2. The van der Waals surface area contributed by atoms with E-state index >= 15 is 0 Å². The minimum Gasteiger partial charge on any atom is -0.324 e. The minimum atomic E-state index is -3.65. The topological polar surface area (TPSA) is 66.5 Å². The third-order valence-electron chi connectivity index (χ3n) is 3.18. The normalized spacial score (nSPS) is 11.2. The largest absolute Gasteiger partial charge is 0.324 e. The molecule has 0 fully saturated rings. The van der Waals surface area contributed by atoms with Gasteiger partial charge in [0, 0.05) is 5.69 Å². The fourth-order valence-electron chi connectivity index (χ4n) is 2.09. The van der Waals surface area contributed by atoms with E-state index < -0.39 is 28.3 Å². The molecule has 2 aromatic rings. The Balaban J connectivity index is 2.20. The molecular weight excluding hydrogens is 355 g/mol. The van der Waals surface area contributed by atoms with Gasteiger partial charge in [0.1, 0.15) is 12.4 Å². The first-order valence-electron chi connectivity index (χ1n) is 6.96. The number of benzene rings is 2. The summed E-state index contributed by atoms with van der Waals surface area (Å²) in [6.45, 7) is 1.42. The van der Waals surface area contributed by atoms with Crippen LogP contribution < -0.4 is 9.62 Å². The van der Waals surface area contributed by atoms with Crippen molar-refractivity contribution < 1.29 is 17.6 Å². The van der Waals surface area contributed by atoms with Crippen LogP contribution in [0.2, 0.25) is 5.02 Å². The van der Waals surface area contributed by atoms with Gasteiger partial charge in [-0.2, -0.15) is 0 Å². The SMILES string of the molecule is Cc1cccc(N(CC(=O)Nc2ccc(F)c(Cl)c2)S(C)(=O)=O)c1. The zero-order valence-corrected chi connectivity index (χ0v) is 14.7. The number of carbonyl (C=O) groups is 1. The molecule has 0 saturated carbocycles. The number of aryl methyl sites for hydroxylation is 1. The molecule has 2 aromatic carbocycles.